The van der Waals surface area contributed by atoms with Gasteiger partial charge in [-0.15, -0.1) is 0 Å². The van der Waals surface area contributed by atoms with E-state index in [0.717, 1.165) is 12.8 Å². The third-order valence-electron chi connectivity index (χ3n) is 6.98. The van der Waals surface area contributed by atoms with Crippen LogP contribution in [0.15, 0.2) is 11.6 Å². The number of epoxide rings is 2. The average molecular weight is 442 g/mol. The predicted molar refractivity (Wildman–Crippen MR) is 114 cm³/mol. The Labute approximate surface area is 185 Å². The number of hydrogen-bond donors (Lipinski definition) is 2. The number of nitrogens with one attached hydrogen (secondary N) is 1. The van der Waals surface area contributed by atoms with Crippen molar-refractivity contribution in [2.45, 2.75) is 95.9 Å². The van der Waals surface area contributed by atoms with Crippen molar-refractivity contribution in [1.82, 2.24) is 5.32 Å². The van der Waals surface area contributed by atoms with E-state index in [1.807, 2.05) is 13.8 Å². The Hall–Kier alpha value is -1.03. The summed E-state index contributed by atoms with van der Waals surface area (Å²) in [5, 5.41) is 13.4. The molecule has 0 amide bonds. The first-order valence-electron chi connectivity index (χ1n) is 11.2. The number of aliphatic hydroxyl groups excluding tert-OH is 1. The van der Waals surface area contributed by atoms with Gasteiger partial charge in [0, 0.05) is 7.11 Å². The lowest BCUT2D eigenvalue weighted by molar-refractivity contribution is -0.219. The van der Waals surface area contributed by atoms with Crippen molar-refractivity contribution in [2.24, 2.45) is 11.8 Å². The molecule has 8 atom stereocenters. The fourth-order valence-corrected chi connectivity index (χ4v) is 5.11. The molecule has 0 aromatic rings. The summed E-state index contributed by atoms with van der Waals surface area (Å²) >= 11 is 0. The van der Waals surface area contributed by atoms with Crippen molar-refractivity contribution in [3.8, 4) is 0 Å². The van der Waals surface area contributed by atoms with Crippen molar-refractivity contribution < 1.29 is 33.6 Å². The van der Waals surface area contributed by atoms with Crippen molar-refractivity contribution in [3.63, 3.8) is 0 Å². The van der Waals surface area contributed by atoms with Gasteiger partial charge in [0.2, 0.25) is 6.41 Å². The van der Waals surface area contributed by atoms with E-state index >= 15 is 0 Å². The summed E-state index contributed by atoms with van der Waals surface area (Å²) in [6.45, 7) is 10.7. The topological polar surface area (TPSA) is 102 Å². The summed E-state index contributed by atoms with van der Waals surface area (Å²) in [6.07, 6.45) is 2.68. The molecule has 8 heteroatoms. The molecule has 1 unspecified atom stereocenters. The van der Waals surface area contributed by atoms with Crippen LogP contribution in [0.25, 0.3) is 0 Å². The van der Waals surface area contributed by atoms with Crippen LogP contribution in [0.4, 0.5) is 0 Å². The van der Waals surface area contributed by atoms with Crippen LogP contribution >= 0.6 is 0 Å². The van der Waals surface area contributed by atoms with E-state index in [9.17, 15) is 9.90 Å². The number of carbonyl (C=O) groups is 1. The van der Waals surface area contributed by atoms with Crippen LogP contribution in [0.3, 0.4) is 0 Å². The quantitative estimate of drug-likeness (QED) is 0.230. The van der Waals surface area contributed by atoms with Crippen LogP contribution in [0, 0.1) is 11.8 Å². The van der Waals surface area contributed by atoms with Gasteiger partial charge >= 0.3 is 5.97 Å². The van der Waals surface area contributed by atoms with Crippen LogP contribution in [-0.4, -0.2) is 73.9 Å². The average Bonchev–Trinajstić information content (AvgIpc) is 3.62. The van der Waals surface area contributed by atoms with Crippen molar-refractivity contribution in [2.75, 3.05) is 20.8 Å². The van der Waals surface area contributed by atoms with Gasteiger partial charge in [-0.2, -0.15) is 0 Å². The summed E-state index contributed by atoms with van der Waals surface area (Å²) in [7, 11) is 2.99. The van der Waals surface area contributed by atoms with Crippen LogP contribution in [0.5, 0.6) is 0 Å². The zero-order valence-electron chi connectivity index (χ0n) is 19.8. The summed E-state index contributed by atoms with van der Waals surface area (Å²) in [6, 6.07) is -0.670. The maximum Gasteiger partial charge on any atom is 0.323 e. The molecule has 0 bridgehead atoms. The van der Waals surface area contributed by atoms with Gasteiger partial charge in [-0.25, -0.2) is 0 Å². The Morgan fingerprint density at radius 1 is 1.32 bits per heavy atom. The van der Waals surface area contributed by atoms with Gasteiger partial charge in [-0.1, -0.05) is 25.5 Å². The Morgan fingerprint density at radius 2 is 2.00 bits per heavy atom. The molecule has 178 valence electrons. The van der Waals surface area contributed by atoms with E-state index in [1.54, 1.807) is 7.11 Å². The van der Waals surface area contributed by atoms with E-state index in [0.29, 0.717) is 13.0 Å². The first kappa shape index (κ1) is 24.6. The van der Waals surface area contributed by atoms with E-state index in [-0.39, 0.29) is 41.3 Å². The van der Waals surface area contributed by atoms with E-state index < -0.39 is 18.4 Å². The third kappa shape index (κ3) is 5.15. The van der Waals surface area contributed by atoms with E-state index in [2.05, 4.69) is 32.2 Å². The molecular formula is C23H39NO7. The lowest BCUT2D eigenvalue weighted by Crippen LogP contribution is -2.57. The molecule has 3 fully saturated rings. The number of allylic oxidation sites excluding steroid dienone is 1. The minimum atomic E-state index is -1.32. The maximum absolute atomic E-state index is 12.0. The van der Waals surface area contributed by atoms with E-state index in [4.69, 9.17) is 23.7 Å². The number of esters is 1. The third-order valence-corrected chi connectivity index (χ3v) is 6.98. The standard InChI is InChI=1S/C23H39NO7/c1-13(2)8-9-16-22(5,31-16)19-18(27-6)15(10-11-23(19)12-29-23)30-21(26)24-17(14(3)4)20(25)28-7/h8,14-19,21,24,26H,9-12H2,1-7H3/t15-,16-,17+,18-,19-,21?,22+,23+/m1/s1. The molecule has 1 spiro atoms. The molecule has 2 heterocycles. The zero-order chi connectivity index (χ0) is 23.0. The highest BCUT2D eigenvalue weighted by molar-refractivity contribution is 5.75. The molecular weight excluding hydrogens is 402 g/mol. The number of methoxy groups -OCH3 is 2. The first-order chi connectivity index (χ1) is 14.6. The predicted octanol–water partition coefficient (Wildman–Crippen LogP) is 2.14. The Balaban J connectivity index is 1.70. The minimum Gasteiger partial charge on any atom is -0.468 e. The fourth-order valence-electron chi connectivity index (χ4n) is 5.11. The molecule has 3 aliphatic rings. The van der Waals surface area contributed by atoms with Gasteiger partial charge in [0.1, 0.15) is 11.6 Å². The molecule has 0 aromatic heterocycles. The Morgan fingerprint density at radius 3 is 2.52 bits per heavy atom. The van der Waals surface area contributed by atoms with Crippen molar-refractivity contribution in [3.05, 3.63) is 11.6 Å². The molecule has 2 aliphatic heterocycles. The molecule has 2 saturated heterocycles. The summed E-state index contributed by atoms with van der Waals surface area (Å²) in [5.41, 5.74) is 0.651. The molecule has 0 aromatic carbocycles. The minimum absolute atomic E-state index is 0.00647. The van der Waals surface area contributed by atoms with Gasteiger partial charge in [-0.05, 0) is 46.0 Å². The van der Waals surface area contributed by atoms with Crippen molar-refractivity contribution in [1.29, 1.82) is 0 Å². The lowest BCUT2D eigenvalue weighted by Gasteiger charge is -2.43. The second-order valence-corrected chi connectivity index (χ2v) is 9.82. The SMILES string of the molecule is COC(=O)[C@@H](NC(O)O[C@@H]1CC[C@]2(CO2)[C@@H]([C@@]2(C)O[C@@H]2CC=C(C)C)[C@@H]1OC)C(C)C. The largest absolute Gasteiger partial charge is 0.468 e. The van der Waals surface area contributed by atoms with Gasteiger partial charge in [0.15, 0.2) is 0 Å². The molecule has 1 aliphatic carbocycles. The van der Waals surface area contributed by atoms with Crippen LogP contribution < -0.4 is 5.32 Å². The second-order valence-electron chi connectivity index (χ2n) is 9.82. The number of ether oxygens (including phenoxy) is 5. The number of aliphatic hydroxyl groups is 1. The molecule has 8 nitrogen and oxygen atoms in total. The molecule has 0 radical (unpaired) electrons. The first-order valence-corrected chi connectivity index (χ1v) is 11.2. The molecule has 3 rings (SSSR count). The Bertz CT molecular complexity index is 673. The van der Waals surface area contributed by atoms with Gasteiger partial charge < -0.3 is 28.8 Å². The highest BCUT2D eigenvalue weighted by Gasteiger charge is 2.72. The van der Waals surface area contributed by atoms with Crippen LogP contribution in [-0.2, 0) is 28.5 Å². The zero-order valence-corrected chi connectivity index (χ0v) is 19.8. The summed E-state index contributed by atoms with van der Waals surface area (Å²) < 4.78 is 28.9. The van der Waals surface area contributed by atoms with E-state index in [1.165, 1.54) is 12.7 Å². The fraction of sp³-hybridized carbons (Fsp3) is 0.870. The number of hydrogen-bond acceptors (Lipinski definition) is 8. The van der Waals surface area contributed by atoms with Gasteiger partial charge in [-0.3, -0.25) is 10.1 Å². The second kappa shape index (κ2) is 9.45. The molecule has 31 heavy (non-hydrogen) atoms. The van der Waals surface area contributed by atoms with Crippen LogP contribution in [0.1, 0.15) is 53.9 Å². The monoisotopic (exact) mass is 441 g/mol. The van der Waals surface area contributed by atoms with Gasteiger partial charge in [0.25, 0.3) is 0 Å². The van der Waals surface area contributed by atoms with Crippen LogP contribution in [0.2, 0.25) is 0 Å². The smallest absolute Gasteiger partial charge is 0.323 e. The maximum atomic E-state index is 12.0. The van der Waals surface area contributed by atoms with Crippen molar-refractivity contribution >= 4 is 5.97 Å². The Kier molecular flexibility index (Phi) is 7.50. The highest BCUT2D eigenvalue weighted by atomic mass is 16.7. The number of carbonyl (C=O) groups excluding carboxylic acids is 1. The number of rotatable bonds is 10. The normalized spacial score (nSPS) is 38.6. The summed E-state index contributed by atoms with van der Waals surface area (Å²) in [5.74, 6) is -0.511. The lowest BCUT2D eigenvalue weighted by atomic mass is 9.68. The summed E-state index contributed by atoms with van der Waals surface area (Å²) in [4.78, 5) is 12.0. The molecule has 1 saturated carbocycles. The molecule has 2 N–H and O–H groups in total. The van der Waals surface area contributed by atoms with Gasteiger partial charge in [0.05, 0.1) is 43.5 Å². The highest BCUT2D eigenvalue weighted by Crippen LogP contribution is 2.59.